The van der Waals surface area contributed by atoms with Crippen molar-refractivity contribution in [2.24, 2.45) is 5.41 Å². The van der Waals surface area contributed by atoms with Crippen LogP contribution >= 0.6 is 0 Å². The van der Waals surface area contributed by atoms with Crippen LogP contribution in [0.25, 0.3) is 0 Å². The number of hydrogen-bond acceptors (Lipinski definition) is 5. The van der Waals surface area contributed by atoms with E-state index in [-0.39, 0.29) is 5.60 Å². The summed E-state index contributed by atoms with van der Waals surface area (Å²) in [7, 11) is 1.72. The van der Waals surface area contributed by atoms with Gasteiger partial charge in [0.1, 0.15) is 0 Å². The van der Waals surface area contributed by atoms with Crippen molar-refractivity contribution in [1.82, 2.24) is 20.2 Å². The van der Waals surface area contributed by atoms with E-state index in [1.807, 2.05) is 0 Å². The Kier molecular flexibility index (Phi) is 3.24. The summed E-state index contributed by atoms with van der Waals surface area (Å²) >= 11 is 0. The van der Waals surface area contributed by atoms with Gasteiger partial charge < -0.3 is 9.84 Å². The summed E-state index contributed by atoms with van der Waals surface area (Å²) in [6.07, 6.45) is 6.22. The molecule has 0 amide bonds. The molecule has 0 saturated heterocycles. The van der Waals surface area contributed by atoms with Gasteiger partial charge in [-0.3, -0.25) is 4.79 Å². The summed E-state index contributed by atoms with van der Waals surface area (Å²) in [4.78, 5) is 11.4. The molecule has 0 atom stereocenters. The van der Waals surface area contributed by atoms with E-state index < -0.39 is 11.4 Å². The van der Waals surface area contributed by atoms with Gasteiger partial charge in [-0.1, -0.05) is 6.42 Å². The number of rotatable bonds is 6. The lowest BCUT2D eigenvalue weighted by Gasteiger charge is -2.41. The molecule has 0 radical (unpaired) electrons. The van der Waals surface area contributed by atoms with E-state index >= 15 is 0 Å². The largest absolute Gasteiger partial charge is 0.481 e. The predicted octanol–water partition coefficient (Wildman–Crippen LogP) is 1.04. The van der Waals surface area contributed by atoms with E-state index in [4.69, 9.17) is 4.74 Å². The molecule has 0 aliphatic heterocycles. The Morgan fingerprint density at radius 1 is 1.35 bits per heavy atom. The fourth-order valence-corrected chi connectivity index (χ4v) is 3.11. The number of tetrazole rings is 1. The number of nitrogens with zero attached hydrogens (tertiary/aromatic N) is 4. The van der Waals surface area contributed by atoms with E-state index in [0.29, 0.717) is 25.8 Å². The van der Waals surface area contributed by atoms with Crippen LogP contribution in [-0.4, -0.2) is 44.0 Å². The molecular formula is C13H20N4O3. The molecule has 0 unspecified atom stereocenters. The molecule has 110 valence electrons. The Balaban J connectivity index is 1.75. The van der Waals surface area contributed by atoms with Crippen LogP contribution in [0.4, 0.5) is 0 Å². The Bertz CT molecular complexity index is 500. The summed E-state index contributed by atoms with van der Waals surface area (Å²) in [6.45, 7) is 0.366. The monoisotopic (exact) mass is 280 g/mol. The number of carboxylic acid groups (broad SMARTS) is 1. The fourth-order valence-electron chi connectivity index (χ4n) is 3.11. The third kappa shape index (κ3) is 2.09. The van der Waals surface area contributed by atoms with Gasteiger partial charge in [0.05, 0.1) is 17.6 Å². The number of carboxylic acids is 1. The van der Waals surface area contributed by atoms with Crippen molar-refractivity contribution in [2.45, 2.75) is 57.1 Å². The molecule has 1 aromatic rings. The first kappa shape index (κ1) is 13.5. The van der Waals surface area contributed by atoms with Crippen LogP contribution in [0.15, 0.2) is 0 Å². The molecule has 2 fully saturated rings. The summed E-state index contributed by atoms with van der Waals surface area (Å²) < 4.78 is 7.25. The quantitative estimate of drug-likeness (QED) is 0.837. The van der Waals surface area contributed by atoms with Gasteiger partial charge in [0.25, 0.3) is 0 Å². The lowest BCUT2D eigenvalue weighted by molar-refractivity contribution is -0.156. The van der Waals surface area contributed by atoms with Crippen LogP contribution in [0, 0.1) is 5.41 Å². The Morgan fingerprint density at radius 2 is 2.05 bits per heavy atom. The van der Waals surface area contributed by atoms with Gasteiger partial charge >= 0.3 is 5.97 Å². The molecule has 0 aromatic carbocycles. The first-order chi connectivity index (χ1) is 9.59. The van der Waals surface area contributed by atoms with Gasteiger partial charge in [0, 0.05) is 13.5 Å². The maximum atomic E-state index is 11.4. The van der Waals surface area contributed by atoms with Gasteiger partial charge in [-0.25, -0.2) is 4.68 Å². The minimum atomic E-state index is -0.740. The average molecular weight is 280 g/mol. The predicted molar refractivity (Wildman–Crippen MR) is 69.0 cm³/mol. The average Bonchev–Trinajstić information content (AvgIpc) is 2.75. The number of carbonyl (C=O) groups is 1. The number of aromatic nitrogens is 4. The Morgan fingerprint density at radius 3 is 2.50 bits per heavy atom. The van der Waals surface area contributed by atoms with Crippen molar-refractivity contribution in [2.75, 3.05) is 7.11 Å². The highest BCUT2D eigenvalue weighted by Gasteiger charge is 2.46. The fraction of sp³-hybridized carbons (Fsp3) is 0.846. The second-order valence-electron chi connectivity index (χ2n) is 6.11. The van der Waals surface area contributed by atoms with Crippen molar-refractivity contribution < 1.29 is 14.6 Å². The maximum absolute atomic E-state index is 11.4. The van der Waals surface area contributed by atoms with Crippen LogP contribution < -0.4 is 0 Å². The van der Waals surface area contributed by atoms with Crippen LogP contribution in [-0.2, 0) is 22.5 Å². The topological polar surface area (TPSA) is 90.1 Å². The van der Waals surface area contributed by atoms with Crippen molar-refractivity contribution in [3.63, 3.8) is 0 Å². The van der Waals surface area contributed by atoms with E-state index in [2.05, 4.69) is 15.5 Å². The number of ether oxygens (including phenoxy) is 1. The van der Waals surface area contributed by atoms with Crippen molar-refractivity contribution in [1.29, 1.82) is 0 Å². The third-order valence-electron chi connectivity index (χ3n) is 5.00. The number of aliphatic carboxylic acids is 1. The highest BCUT2D eigenvalue weighted by Crippen LogP contribution is 2.43. The zero-order valence-electron chi connectivity index (χ0n) is 11.7. The first-order valence-electron chi connectivity index (χ1n) is 7.13. The third-order valence-corrected chi connectivity index (χ3v) is 5.00. The second kappa shape index (κ2) is 4.80. The lowest BCUT2D eigenvalue weighted by Crippen LogP contribution is -2.44. The zero-order valence-corrected chi connectivity index (χ0v) is 11.7. The van der Waals surface area contributed by atoms with Gasteiger partial charge in [-0.2, -0.15) is 0 Å². The molecule has 1 heterocycles. The minimum absolute atomic E-state index is 0.150. The number of methoxy groups -OCH3 is 1. The number of hydrogen-bond donors (Lipinski definition) is 1. The van der Waals surface area contributed by atoms with Crippen LogP contribution in [0.5, 0.6) is 0 Å². The van der Waals surface area contributed by atoms with Crippen LogP contribution in [0.1, 0.15) is 44.3 Å². The molecule has 3 rings (SSSR count). The standard InChI is InChI=1S/C13H20N4O3/c1-20-13(6-3-7-13)8-10-14-15-16-17(10)9-12(11(18)19)4-2-5-12/h2-9H2,1H3,(H,18,19). The molecule has 7 heteroatoms. The van der Waals surface area contributed by atoms with Gasteiger partial charge in [0.15, 0.2) is 5.82 Å². The molecule has 0 bridgehead atoms. The molecular weight excluding hydrogens is 260 g/mol. The normalized spacial score (nSPS) is 22.9. The summed E-state index contributed by atoms with van der Waals surface area (Å²) in [5, 5.41) is 21.2. The molecule has 20 heavy (non-hydrogen) atoms. The van der Waals surface area contributed by atoms with Gasteiger partial charge in [-0.15, -0.1) is 5.10 Å². The molecule has 2 saturated carbocycles. The minimum Gasteiger partial charge on any atom is -0.481 e. The summed E-state index contributed by atoms with van der Waals surface area (Å²) in [6, 6.07) is 0. The highest BCUT2D eigenvalue weighted by atomic mass is 16.5. The van der Waals surface area contributed by atoms with E-state index in [0.717, 1.165) is 31.5 Å². The Labute approximate surface area is 117 Å². The van der Waals surface area contributed by atoms with Crippen molar-refractivity contribution >= 4 is 5.97 Å². The van der Waals surface area contributed by atoms with Crippen LogP contribution in [0.3, 0.4) is 0 Å². The smallest absolute Gasteiger partial charge is 0.311 e. The zero-order chi connectivity index (χ0) is 14.2. The van der Waals surface area contributed by atoms with Crippen LogP contribution in [0.2, 0.25) is 0 Å². The molecule has 2 aliphatic rings. The molecule has 1 aromatic heterocycles. The Hall–Kier alpha value is -1.50. The van der Waals surface area contributed by atoms with Gasteiger partial charge in [-0.05, 0) is 42.5 Å². The lowest BCUT2D eigenvalue weighted by atomic mass is 9.68. The summed E-state index contributed by atoms with van der Waals surface area (Å²) in [5.74, 6) is -0.00521. The van der Waals surface area contributed by atoms with Crippen molar-refractivity contribution in [3.05, 3.63) is 5.82 Å². The maximum Gasteiger partial charge on any atom is 0.311 e. The van der Waals surface area contributed by atoms with E-state index in [9.17, 15) is 9.90 Å². The summed E-state index contributed by atoms with van der Waals surface area (Å²) in [5.41, 5.74) is -0.827. The molecule has 2 aliphatic carbocycles. The second-order valence-corrected chi connectivity index (χ2v) is 6.11. The van der Waals surface area contributed by atoms with E-state index in [1.165, 1.54) is 0 Å². The first-order valence-corrected chi connectivity index (χ1v) is 7.13. The molecule has 1 N–H and O–H groups in total. The highest BCUT2D eigenvalue weighted by molar-refractivity contribution is 5.75. The van der Waals surface area contributed by atoms with E-state index in [1.54, 1.807) is 11.8 Å². The van der Waals surface area contributed by atoms with Gasteiger partial charge in [0.2, 0.25) is 0 Å². The molecule has 0 spiro atoms. The van der Waals surface area contributed by atoms with Crippen molar-refractivity contribution in [3.8, 4) is 0 Å². The molecule has 7 nitrogen and oxygen atoms in total. The SMILES string of the molecule is COC1(Cc2nnnn2CC2(C(=O)O)CCC2)CCC1.